The van der Waals surface area contributed by atoms with E-state index in [1.54, 1.807) is 0 Å². The Kier molecular flexibility index (Phi) is 4.67. The molecule has 0 aromatic carbocycles. The maximum Gasteiger partial charge on any atom is 0.303 e. The van der Waals surface area contributed by atoms with Gasteiger partial charge in [-0.05, 0) is 17.8 Å². The predicted molar refractivity (Wildman–Crippen MR) is 50.5 cm³/mol. The molecule has 76 valence electrons. The van der Waals surface area contributed by atoms with Gasteiger partial charge in [-0.3, -0.25) is 4.79 Å². The fourth-order valence-electron chi connectivity index (χ4n) is 1.14. The molecule has 3 nitrogen and oxygen atoms in total. The molecule has 0 heterocycles. The number of carbonyl (C=O) groups excluding carboxylic acids is 1. The Labute approximate surface area is 79.1 Å². The van der Waals surface area contributed by atoms with Crippen LogP contribution in [0.1, 0.15) is 40.0 Å². The number of carbonyl (C=O) groups is 2. The standard InChI is InChI=1S/C10H18O3/c1-8(5-7-11)10(2,3)6-4-9(12)13/h7-8H,4-6H2,1-3H3,(H,12,13). The zero-order valence-corrected chi connectivity index (χ0v) is 8.54. The molecule has 0 saturated heterocycles. The maximum atomic E-state index is 10.4. The van der Waals surface area contributed by atoms with Crippen LogP contribution < -0.4 is 0 Å². The van der Waals surface area contributed by atoms with Gasteiger partial charge < -0.3 is 9.90 Å². The molecular formula is C10H18O3. The van der Waals surface area contributed by atoms with Gasteiger partial charge in [-0.25, -0.2) is 0 Å². The highest BCUT2D eigenvalue weighted by Gasteiger charge is 2.25. The van der Waals surface area contributed by atoms with Gasteiger partial charge in [-0.1, -0.05) is 20.8 Å². The van der Waals surface area contributed by atoms with Gasteiger partial charge in [0.15, 0.2) is 0 Å². The third kappa shape index (κ3) is 4.65. The smallest absolute Gasteiger partial charge is 0.303 e. The summed E-state index contributed by atoms with van der Waals surface area (Å²) in [5.41, 5.74) is -0.0701. The van der Waals surface area contributed by atoms with Crippen LogP contribution in [0, 0.1) is 11.3 Å². The first kappa shape index (κ1) is 12.1. The van der Waals surface area contributed by atoms with Crippen molar-refractivity contribution in [1.82, 2.24) is 0 Å². The summed E-state index contributed by atoms with van der Waals surface area (Å²) in [5.74, 6) is -0.532. The molecule has 0 rings (SSSR count). The summed E-state index contributed by atoms with van der Waals surface area (Å²) in [7, 11) is 0. The molecule has 0 aliphatic heterocycles. The lowest BCUT2D eigenvalue weighted by atomic mass is 9.75. The fraction of sp³-hybridized carbons (Fsp3) is 0.800. The lowest BCUT2D eigenvalue weighted by Crippen LogP contribution is -2.23. The zero-order chi connectivity index (χ0) is 10.5. The molecule has 0 fully saturated rings. The highest BCUT2D eigenvalue weighted by atomic mass is 16.4. The van der Waals surface area contributed by atoms with Crippen molar-refractivity contribution in [2.75, 3.05) is 0 Å². The summed E-state index contributed by atoms with van der Waals surface area (Å²) in [4.78, 5) is 20.6. The number of carboxylic acid groups (broad SMARTS) is 1. The van der Waals surface area contributed by atoms with Gasteiger partial charge in [0.2, 0.25) is 0 Å². The molecule has 3 heteroatoms. The van der Waals surface area contributed by atoms with Gasteiger partial charge >= 0.3 is 5.97 Å². The van der Waals surface area contributed by atoms with E-state index in [0.29, 0.717) is 12.8 Å². The van der Waals surface area contributed by atoms with Gasteiger partial charge in [-0.15, -0.1) is 0 Å². The van der Waals surface area contributed by atoms with Crippen molar-refractivity contribution in [3.63, 3.8) is 0 Å². The van der Waals surface area contributed by atoms with Crippen LogP contribution >= 0.6 is 0 Å². The van der Waals surface area contributed by atoms with Gasteiger partial charge in [0.25, 0.3) is 0 Å². The Morgan fingerprint density at radius 2 is 2.08 bits per heavy atom. The fourth-order valence-corrected chi connectivity index (χ4v) is 1.14. The van der Waals surface area contributed by atoms with E-state index in [1.807, 2.05) is 20.8 Å². The molecule has 0 bridgehead atoms. The molecule has 0 aromatic heterocycles. The Morgan fingerprint density at radius 3 is 2.46 bits per heavy atom. The van der Waals surface area contributed by atoms with Crippen molar-refractivity contribution in [3.8, 4) is 0 Å². The van der Waals surface area contributed by atoms with Crippen LogP contribution in [-0.2, 0) is 9.59 Å². The average molecular weight is 186 g/mol. The third-order valence-electron chi connectivity index (χ3n) is 2.77. The number of hydrogen-bond acceptors (Lipinski definition) is 2. The summed E-state index contributed by atoms with van der Waals surface area (Å²) >= 11 is 0. The lowest BCUT2D eigenvalue weighted by Gasteiger charge is -2.30. The molecule has 13 heavy (non-hydrogen) atoms. The highest BCUT2D eigenvalue weighted by Crippen LogP contribution is 2.33. The molecule has 0 amide bonds. The molecule has 0 aromatic rings. The number of aliphatic carboxylic acids is 1. The van der Waals surface area contributed by atoms with E-state index < -0.39 is 5.97 Å². The molecule has 0 spiro atoms. The van der Waals surface area contributed by atoms with E-state index >= 15 is 0 Å². The van der Waals surface area contributed by atoms with Crippen molar-refractivity contribution < 1.29 is 14.7 Å². The quantitative estimate of drug-likeness (QED) is 0.646. The van der Waals surface area contributed by atoms with E-state index in [2.05, 4.69) is 0 Å². The van der Waals surface area contributed by atoms with E-state index in [1.165, 1.54) is 0 Å². The second-order valence-corrected chi connectivity index (χ2v) is 4.19. The van der Waals surface area contributed by atoms with E-state index in [4.69, 9.17) is 5.11 Å². The first-order chi connectivity index (χ1) is 5.90. The number of aldehydes is 1. The topological polar surface area (TPSA) is 54.4 Å². The van der Waals surface area contributed by atoms with Crippen molar-refractivity contribution in [1.29, 1.82) is 0 Å². The highest BCUT2D eigenvalue weighted by molar-refractivity contribution is 5.66. The van der Waals surface area contributed by atoms with Crippen molar-refractivity contribution in [2.45, 2.75) is 40.0 Å². The largest absolute Gasteiger partial charge is 0.481 e. The van der Waals surface area contributed by atoms with Crippen molar-refractivity contribution in [2.24, 2.45) is 11.3 Å². The summed E-state index contributed by atoms with van der Waals surface area (Å²) < 4.78 is 0. The second kappa shape index (κ2) is 5.00. The van der Waals surface area contributed by atoms with Crippen LogP contribution in [0.2, 0.25) is 0 Å². The molecule has 0 aliphatic rings. The van der Waals surface area contributed by atoms with Crippen LogP contribution in [0.25, 0.3) is 0 Å². The van der Waals surface area contributed by atoms with Gasteiger partial charge in [0, 0.05) is 12.8 Å². The average Bonchev–Trinajstić information content (AvgIpc) is 2.01. The Bertz CT molecular complexity index is 185. The zero-order valence-electron chi connectivity index (χ0n) is 8.54. The summed E-state index contributed by atoms with van der Waals surface area (Å²) in [6, 6.07) is 0. The van der Waals surface area contributed by atoms with E-state index in [9.17, 15) is 9.59 Å². The van der Waals surface area contributed by atoms with Crippen molar-refractivity contribution >= 4 is 12.3 Å². The third-order valence-corrected chi connectivity index (χ3v) is 2.77. The van der Waals surface area contributed by atoms with Gasteiger partial charge in [-0.2, -0.15) is 0 Å². The van der Waals surface area contributed by atoms with Crippen LogP contribution in [0.4, 0.5) is 0 Å². The van der Waals surface area contributed by atoms with Crippen LogP contribution in [0.3, 0.4) is 0 Å². The molecule has 0 saturated carbocycles. The first-order valence-corrected chi connectivity index (χ1v) is 4.55. The maximum absolute atomic E-state index is 10.4. The second-order valence-electron chi connectivity index (χ2n) is 4.19. The summed E-state index contributed by atoms with van der Waals surface area (Å²) in [5, 5.41) is 8.52. The molecule has 1 unspecified atom stereocenters. The summed E-state index contributed by atoms with van der Waals surface area (Å²) in [6.07, 6.45) is 2.20. The Morgan fingerprint density at radius 1 is 1.54 bits per heavy atom. The van der Waals surface area contributed by atoms with Gasteiger partial charge in [0.05, 0.1) is 0 Å². The number of hydrogen-bond donors (Lipinski definition) is 1. The van der Waals surface area contributed by atoms with Crippen LogP contribution in [0.15, 0.2) is 0 Å². The Hall–Kier alpha value is -0.860. The number of rotatable bonds is 6. The minimum atomic E-state index is -0.772. The summed E-state index contributed by atoms with van der Waals surface area (Å²) in [6.45, 7) is 5.99. The normalized spacial score (nSPS) is 13.8. The molecule has 1 atom stereocenters. The molecule has 0 aliphatic carbocycles. The van der Waals surface area contributed by atoms with E-state index in [-0.39, 0.29) is 17.8 Å². The van der Waals surface area contributed by atoms with Gasteiger partial charge in [0.1, 0.15) is 6.29 Å². The van der Waals surface area contributed by atoms with E-state index in [0.717, 1.165) is 6.29 Å². The molecule has 0 radical (unpaired) electrons. The van der Waals surface area contributed by atoms with Crippen LogP contribution in [-0.4, -0.2) is 17.4 Å². The Balaban J connectivity index is 4.04. The molecule has 1 N–H and O–H groups in total. The number of carboxylic acids is 1. The minimum Gasteiger partial charge on any atom is -0.481 e. The monoisotopic (exact) mass is 186 g/mol. The predicted octanol–water partition coefficient (Wildman–Crippen LogP) is 2.10. The van der Waals surface area contributed by atoms with Crippen molar-refractivity contribution in [3.05, 3.63) is 0 Å². The molecular weight excluding hydrogens is 168 g/mol. The SMILES string of the molecule is CC(CC=O)C(C)(C)CCC(=O)O. The first-order valence-electron chi connectivity index (χ1n) is 4.55. The minimum absolute atomic E-state index is 0.0701. The lowest BCUT2D eigenvalue weighted by molar-refractivity contribution is -0.137. The van der Waals surface area contributed by atoms with Crippen LogP contribution in [0.5, 0.6) is 0 Å².